The molecule has 0 aromatic heterocycles. The molecule has 4 aliphatic carbocycles. The van der Waals surface area contributed by atoms with Crippen LogP contribution in [0.1, 0.15) is 52.4 Å². The van der Waals surface area contributed by atoms with Crippen LogP contribution in [0.15, 0.2) is 12.1 Å². The standard InChI is InChI=1S/C25H35ClN2O4/c1-3-31-21-11-20(28-5-7-30-8-6-28)22(32-4-2)10-19(21)27-23(29)24-12-17-9-18(13-24)15-25(26,14-17)16-24/h10-11,17-18H,3-9,12-16H2,1-2H3,(H,27,29)/t17-,18-,24?,25?/m1/s1. The Balaban J connectivity index is 1.44. The predicted octanol–water partition coefficient (Wildman–Crippen LogP) is 4.84. The summed E-state index contributed by atoms with van der Waals surface area (Å²) < 4.78 is 17.5. The quantitative estimate of drug-likeness (QED) is 0.587. The maximum atomic E-state index is 13.7. The highest BCUT2D eigenvalue weighted by Crippen LogP contribution is 2.64. The molecule has 0 spiro atoms. The summed E-state index contributed by atoms with van der Waals surface area (Å²) in [6.07, 6.45) is 6.06. The van der Waals surface area contributed by atoms with Gasteiger partial charge < -0.3 is 24.4 Å². The van der Waals surface area contributed by atoms with Gasteiger partial charge in [0.2, 0.25) is 5.91 Å². The van der Waals surface area contributed by atoms with Gasteiger partial charge >= 0.3 is 0 Å². The van der Waals surface area contributed by atoms with Gasteiger partial charge in [0.05, 0.1) is 43.2 Å². The maximum absolute atomic E-state index is 13.7. The van der Waals surface area contributed by atoms with Crippen molar-refractivity contribution in [1.82, 2.24) is 0 Å². The van der Waals surface area contributed by atoms with Gasteiger partial charge in [-0.15, -0.1) is 11.6 Å². The van der Waals surface area contributed by atoms with Gasteiger partial charge in [-0.2, -0.15) is 0 Å². The van der Waals surface area contributed by atoms with Crippen LogP contribution < -0.4 is 19.7 Å². The number of nitrogens with zero attached hydrogens (tertiary/aromatic N) is 1. The Morgan fingerprint density at radius 1 is 1.09 bits per heavy atom. The summed E-state index contributed by atoms with van der Waals surface area (Å²) in [5, 5.41) is 3.25. The van der Waals surface area contributed by atoms with E-state index in [1.54, 1.807) is 0 Å². The number of hydrogen-bond donors (Lipinski definition) is 1. The lowest BCUT2D eigenvalue weighted by atomic mass is 9.49. The molecule has 2 atom stereocenters. The van der Waals surface area contributed by atoms with E-state index in [1.165, 1.54) is 6.42 Å². The molecule has 1 aromatic rings. The third-order valence-electron chi connectivity index (χ3n) is 7.73. The summed E-state index contributed by atoms with van der Waals surface area (Å²) in [5.41, 5.74) is 1.33. The van der Waals surface area contributed by atoms with E-state index in [-0.39, 0.29) is 16.2 Å². The smallest absolute Gasteiger partial charge is 0.230 e. The fourth-order valence-corrected chi connectivity index (χ4v) is 7.61. The number of carbonyl (C=O) groups is 1. The summed E-state index contributed by atoms with van der Waals surface area (Å²) >= 11 is 6.98. The van der Waals surface area contributed by atoms with E-state index in [0.717, 1.165) is 56.6 Å². The zero-order valence-electron chi connectivity index (χ0n) is 19.3. The lowest BCUT2D eigenvalue weighted by Gasteiger charge is -2.59. The van der Waals surface area contributed by atoms with Crippen molar-refractivity contribution in [1.29, 1.82) is 0 Å². The molecule has 7 heteroatoms. The fourth-order valence-electron chi connectivity index (χ4n) is 6.92. The Kier molecular flexibility index (Phi) is 5.95. The lowest BCUT2D eigenvalue weighted by molar-refractivity contribution is -0.138. The lowest BCUT2D eigenvalue weighted by Crippen LogP contribution is -2.57. The van der Waals surface area contributed by atoms with Crippen LogP contribution in [-0.2, 0) is 9.53 Å². The van der Waals surface area contributed by atoms with Crippen LogP contribution in [0.5, 0.6) is 11.5 Å². The summed E-state index contributed by atoms with van der Waals surface area (Å²) in [6.45, 7) is 8.03. The minimum Gasteiger partial charge on any atom is -0.492 e. The minimum atomic E-state index is -0.357. The maximum Gasteiger partial charge on any atom is 0.230 e. The molecule has 1 amide bonds. The number of anilines is 2. The van der Waals surface area contributed by atoms with Crippen molar-refractivity contribution in [3.8, 4) is 11.5 Å². The first-order valence-corrected chi connectivity index (χ1v) is 12.6. The van der Waals surface area contributed by atoms with E-state index >= 15 is 0 Å². The molecule has 5 aliphatic rings. The largest absolute Gasteiger partial charge is 0.492 e. The van der Waals surface area contributed by atoms with E-state index in [9.17, 15) is 4.79 Å². The van der Waals surface area contributed by atoms with Crippen molar-refractivity contribution >= 4 is 28.9 Å². The summed E-state index contributed by atoms with van der Waals surface area (Å²) in [7, 11) is 0. The molecule has 4 bridgehead atoms. The molecule has 6 rings (SSSR count). The van der Waals surface area contributed by atoms with Crippen LogP contribution in [-0.4, -0.2) is 50.3 Å². The fraction of sp³-hybridized carbons (Fsp3) is 0.720. The Hall–Kier alpha value is -1.66. The zero-order chi connectivity index (χ0) is 22.3. The average molecular weight is 463 g/mol. The molecule has 1 saturated heterocycles. The minimum absolute atomic E-state index is 0.0964. The molecule has 4 saturated carbocycles. The van der Waals surface area contributed by atoms with Gasteiger partial charge in [0.15, 0.2) is 0 Å². The van der Waals surface area contributed by atoms with Crippen molar-refractivity contribution in [2.75, 3.05) is 49.7 Å². The molecular formula is C25H35ClN2O4. The van der Waals surface area contributed by atoms with Crippen molar-refractivity contribution < 1.29 is 19.0 Å². The Bertz CT molecular complexity index is 856. The van der Waals surface area contributed by atoms with E-state index < -0.39 is 0 Å². The number of alkyl halides is 1. The molecule has 6 nitrogen and oxygen atoms in total. The number of ether oxygens (including phenoxy) is 3. The SMILES string of the molecule is CCOc1cc(N2CCOCC2)c(OCC)cc1NC(=O)C12C[C@H]3C[C@@H](CC(Cl)(C3)C1)C2. The van der Waals surface area contributed by atoms with E-state index in [0.29, 0.717) is 49.7 Å². The number of hydrogen-bond acceptors (Lipinski definition) is 5. The predicted molar refractivity (Wildman–Crippen MR) is 126 cm³/mol. The first-order valence-electron chi connectivity index (χ1n) is 12.2. The van der Waals surface area contributed by atoms with Crippen molar-refractivity contribution in [2.45, 2.75) is 57.2 Å². The van der Waals surface area contributed by atoms with Gasteiger partial charge in [0.25, 0.3) is 0 Å². The van der Waals surface area contributed by atoms with Crippen LogP contribution in [0.25, 0.3) is 0 Å². The number of carbonyl (C=O) groups excluding carboxylic acids is 1. The molecular weight excluding hydrogens is 428 g/mol. The third-order valence-corrected chi connectivity index (χ3v) is 8.17. The van der Waals surface area contributed by atoms with Crippen LogP contribution in [0.3, 0.4) is 0 Å². The second-order valence-corrected chi connectivity index (χ2v) is 10.9. The van der Waals surface area contributed by atoms with Gasteiger partial charge in [-0.1, -0.05) is 0 Å². The van der Waals surface area contributed by atoms with E-state index in [2.05, 4.69) is 10.2 Å². The van der Waals surface area contributed by atoms with Crippen molar-refractivity contribution in [3.63, 3.8) is 0 Å². The van der Waals surface area contributed by atoms with E-state index in [1.807, 2.05) is 26.0 Å². The summed E-state index contributed by atoms with van der Waals surface area (Å²) in [5.74, 6) is 2.71. The Labute approximate surface area is 195 Å². The highest BCUT2D eigenvalue weighted by molar-refractivity contribution is 6.24. The molecule has 1 N–H and O–H groups in total. The first-order chi connectivity index (χ1) is 15.4. The number of morpholine rings is 1. The summed E-state index contributed by atoms with van der Waals surface area (Å²) in [4.78, 5) is 15.8. The number of rotatable bonds is 7. The van der Waals surface area contributed by atoms with Crippen LogP contribution >= 0.6 is 11.6 Å². The average Bonchev–Trinajstić information content (AvgIpc) is 2.74. The monoisotopic (exact) mass is 462 g/mol. The van der Waals surface area contributed by atoms with Gasteiger partial charge in [0.1, 0.15) is 11.5 Å². The molecule has 0 radical (unpaired) electrons. The second-order valence-electron chi connectivity index (χ2n) is 10.1. The Morgan fingerprint density at radius 2 is 1.75 bits per heavy atom. The van der Waals surface area contributed by atoms with Crippen LogP contribution in [0.4, 0.5) is 11.4 Å². The van der Waals surface area contributed by atoms with Gasteiger partial charge in [-0.05, 0) is 64.2 Å². The summed E-state index contributed by atoms with van der Waals surface area (Å²) in [6, 6.07) is 3.95. The third kappa shape index (κ3) is 4.05. The Morgan fingerprint density at radius 3 is 2.38 bits per heavy atom. The number of halogens is 1. The van der Waals surface area contributed by atoms with Crippen LogP contribution in [0.2, 0.25) is 0 Å². The molecule has 1 aliphatic heterocycles. The number of amides is 1. The van der Waals surface area contributed by atoms with E-state index in [4.69, 9.17) is 25.8 Å². The number of benzene rings is 1. The van der Waals surface area contributed by atoms with Crippen molar-refractivity contribution in [2.24, 2.45) is 17.3 Å². The van der Waals surface area contributed by atoms with Gasteiger partial charge in [-0.25, -0.2) is 0 Å². The molecule has 32 heavy (non-hydrogen) atoms. The van der Waals surface area contributed by atoms with Gasteiger partial charge in [-0.3, -0.25) is 4.79 Å². The topological polar surface area (TPSA) is 60.0 Å². The highest BCUT2D eigenvalue weighted by atomic mass is 35.5. The normalized spacial score (nSPS) is 33.3. The molecule has 1 heterocycles. The molecule has 1 aromatic carbocycles. The highest BCUT2D eigenvalue weighted by Gasteiger charge is 2.60. The van der Waals surface area contributed by atoms with Gasteiger partial charge in [0, 0.05) is 30.1 Å². The zero-order valence-corrected chi connectivity index (χ0v) is 20.0. The van der Waals surface area contributed by atoms with Crippen LogP contribution in [0, 0.1) is 17.3 Å². The molecule has 5 fully saturated rings. The molecule has 0 unspecified atom stereocenters. The first kappa shape index (κ1) is 22.1. The number of nitrogens with one attached hydrogen (secondary N) is 1. The second kappa shape index (κ2) is 8.60. The molecule has 176 valence electrons. The van der Waals surface area contributed by atoms with Crippen molar-refractivity contribution in [3.05, 3.63) is 12.1 Å².